The predicted octanol–water partition coefficient (Wildman–Crippen LogP) is 2.10. The Hall–Kier alpha value is -1.09. The Labute approximate surface area is 97.7 Å². The van der Waals surface area contributed by atoms with Crippen LogP contribution in [0.2, 0.25) is 0 Å². The van der Waals surface area contributed by atoms with Crippen molar-refractivity contribution in [3.8, 4) is 0 Å². The minimum absolute atomic E-state index is 0.420. The summed E-state index contributed by atoms with van der Waals surface area (Å²) in [6, 6.07) is 3.16. The van der Waals surface area contributed by atoms with Crippen molar-refractivity contribution in [1.29, 1.82) is 0 Å². The number of hydrogen-bond acceptors (Lipinski definition) is 3. The fourth-order valence-corrected chi connectivity index (χ4v) is 2.55. The molecule has 0 spiro atoms. The predicted molar refractivity (Wildman–Crippen MR) is 67.6 cm³/mol. The molecule has 3 nitrogen and oxygen atoms in total. The molecule has 16 heavy (non-hydrogen) atoms. The maximum absolute atomic E-state index is 5.94. The van der Waals surface area contributed by atoms with E-state index >= 15 is 0 Å². The quantitative estimate of drug-likeness (QED) is 0.828. The monoisotopic (exact) mass is 219 g/mol. The fraction of sp³-hybridized carbons (Fsp3) is 0.615. The lowest BCUT2D eigenvalue weighted by Crippen LogP contribution is -2.39. The first-order valence-electron chi connectivity index (χ1n) is 6.07. The third-order valence-electron chi connectivity index (χ3n) is 3.66. The van der Waals surface area contributed by atoms with Gasteiger partial charge in [-0.3, -0.25) is 4.98 Å². The topological polar surface area (TPSA) is 42.2 Å². The molecule has 0 saturated heterocycles. The molecule has 1 fully saturated rings. The Kier molecular flexibility index (Phi) is 3.44. The lowest BCUT2D eigenvalue weighted by Gasteiger charge is -2.35. The van der Waals surface area contributed by atoms with Crippen LogP contribution in [0.25, 0.3) is 0 Å². The van der Waals surface area contributed by atoms with Gasteiger partial charge in [0, 0.05) is 37.2 Å². The van der Waals surface area contributed by atoms with Crippen molar-refractivity contribution in [1.82, 2.24) is 4.98 Å². The lowest BCUT2D eigenvalue weighted by molar-refractivity contribution is 0.384. The van der Waals surface area contributed by atoms with Crippen molar-refractivity contribution >= 4 is 5.69 Å². The van der Waals surface area contributed by atoms with Crippen LogP contribution in [-0.2, 0) is 0 Å². The minimum Gasteiger partial charge on any atom is -0.371 e. The van der Waals surface area contributed by atoms with Crippen LogP contribution < -0.4 is 10.6 Å². The first kappa shape index (κ1) is 11.4. The van der Waals surface area contributed by atoms with Crippen molar-refractivity contribution in [3.05, 3.63) is 24.0 Å². The molecule has 0 bridgehead atoms. The zero-order valence-electron chi connectivity index (χ0n) is 10.2. The maximum atomic E-state index is 5.94. The molecule has 1 heterocycles. The summed E-state index contributed by atoms with van der Waals surface area (Å²) in [6.45, 7) is 2.12. The Morgan fingerprint density at radius 3 is 2.62 bits per heavy atom. The highest BCUT2D eigenvalue weighted by Gasteiger charge is 2.22. The van der Waals surface area contributed by atoms with E-state index in [0.717, 1.165) is 12.8 Å². The van der Waals surface area contributed by atoms with Gasteiger partial charge in [0.25, 0.3) is 0 Å². The van der Waals surface area contributed by atoms with Crippen LogP contribution in [0, 0.1) is 6.92 Å². The van der Waals surface area contributed by atoms with Crippen LogP contribution in [0.15, 0.2) is 18.5 Å². The van der Waals surface area contributed by atoms with Gasteiger partial charge in [0.2, 0.25) is 0 Å². The molecule has 0 aromatic carbocycles. The van der Waals surface area contributed by atoms with Gasteiger partial charge < -0.3 is 10.6 Å². The van der Waals surface area contributed by atoms with Crippen LogP contribution in [-0.4, -0.2) is 24.1 Å². The second kappa shape index (κ2) is 4.83. The zero-order chi connectivity index (χ0) is 11.5. The average Bonchev–Trinajstić information content (AvgIpc) is 2.30. The van der Waals surface area contributed by atoms with Gasteiger partial charge in [-0.15, -0.1) is 0 Å². The summed E-state index contributed by atoms with van der Waals surface area (Å²) in [6.07, 6.45) is 8.52. The molecule has 0 amide bonds. The smallest absolute Gasteiger partial charge is 0.0426 e. The second-order valence-electron chi connectivity index (χ2n) is 4.84. The molecular weight excluding hydrogens is 198 g/mol. The van der Waals surface area contributed by atoms with Gasteiger partial charge in [-0.05, 0) is 44.2 Å². The molecule has 2 rings (SSSR count). The summed E-state index contributed by atoms with van der Waals surface area (Å²) in [7, 11) is 2.18. The number of nitrogens with zero attached hydrogens (tertiary/aromatic N) is 2. The van der Waals surface area contributed by atoms with Crippen molar-refractivity contribution < 1.29 is 0 Å². The Morgan fingerprint density at radius 1 is 1.31 bits per heavy atom. The van der Waals surface area contributed by atoms with E-state index in [1.165, 1.54) is 24.1 Å². The van der Waals surface area contributed by atoms with Crippen molar-refractivity contribution in [2.24, 2.45) is 5.73 Å². The molecule has 3 heteroatoms. The third-order valence-corrected chi connectivity index (χ3v) is 3.66. The van der Waals surface area contributed by atoms with E-state index in [2.05, 4.69) is 29.9 Å². The molecular formula is C13H21N3. The standard InChI is InChI=1S/C13H21N3/c1-10-9-15-8-7-13(10)16(2)12-5-3-11(14)4-6-12/h7-9,11-12H,3-6,14H2,1-2H3. The van der Waals surface area contributed by atoms with E-state index in [9.17, 15) is 0 Å². The number of pyridine rings is 1. The number of anilines is 1. The van der Waals surface area contributed by atoms with Gasteiger partial charge in [0.15, 0.2) is 0 Å². The van der Waals surface area contributed by atoms with E-state index in [1.54, 1.807) is 0 Å². The molecule has 0 radical (unpaired) electrons. The number of aromatic nitrogens is 1. The lowest BCUT2D eigenvalue weighted by atomic mass is 9.90. The number of aryl methyl sites for hydroxylation is 1. The molecule has 0 atom stereocenters. The van der Waals surface area contributed by atoms with Crippen LogP contribution in [0.4, 0.5) is 5.69 Å². The average molecular weight is 219 g/mol. The normalized spacial score (nSPS) is 25.4. The fourth-order valence-electron chi connectivity index (χ4n) is 2.55. The van der Waals surface area contributed by atoms with E-state index in [4.69, 9.17) is 5.73 Å². The summed E-state index contributed by atoms with van der Waals surface area (Å²) < 4.78 is 0. The summed E-state index contributed by atoms with van der Waals surface area (Å²) >= 11 is 0. The largest absolute Gasteiger partial charge is 0.371 e. The van der Waals surface area contributed by atoms with Crippen molar-refractivity contribution in [2.75, 3.05) is 11.9 Å². The molecule has 88 valence electrons. The van der Waals surface area contributed by atoms with Gasteiger partial charge in [-0.1, -0.05) is 0 Å². The Balaban J connectivity index is 2.07. The molecule has 1 aliphatic carbocycles. The number of nitrogens with two attached hydrogens (primary N) is 1. The molecule has 1 aromatic rings. The zero-order valence-corrected chi connectivity index (χ0v) is 10.2. The highest BCUT2D eigenvalue weighted by molar-refractivity contribution is 5.51. The Bertz CT molecular complexity index is 343. The highest BCUT2D eigenvalue weighted by Crippen LogP contribution is 2.27. The number of rotatable bonds is 2. The van der Waals surface area contributed by atoms with Crippen LogP contribution >= 0.6 is 0 Å². The Morgan fingerprint density at radius 2 is 2.00 bits per heavy atom. The van der Waals surface area contributed by atoms with Gasteiger partial charge >= 0.3 is 0 Å². The van der Waals surface area contributed by atoms with Crippen LogP contribution in [0.1, 0.15) is 31.2 Å². The van der Waals surface area contributed by atoms with E-state index in [-0.39, 0.29) is 0 Å². The maximum Gasteiger partial charge on any atom is 0.0426 e. The van der Waals surface area contributed by atoms with Crippen molar-refractivity contribution in [2.45, 2.75) is 44.7 Å². The van der Waals surface area contributed by atoms with Gasteiger partial charge in [-0.25, -0.2) is 0 Å². The van der Waals surface area contributed by atoms with Gasteiger partial charge in [0.05, 0.1) is 0 Å². The van der Waals surface area contributed by atoms with Crippen LogP contribution in [0.5, 0.6) is 0 Å². The molecule has 1 aromatic heterocycles. The second-order valence-corrected chi connectivity index (χ2v) is 4.84. The molecule has 1 aliphatic rings. The van der Waals surface area contributed by atoms with Gasteiger partial charge in [0.1, 0.15) is 0 Å². The minimum atomic E-state index is 0.420. The van der Waals surface area contributed by atoms with E-state index in [0.29, 0.717) is 12.1 Å². The molecule has 0 unspecified atom stereocenters. The van der Waals surface area contributed by atoms with E-state index in [1.807, 2.05) is 12.4 Å². The first-order chi connectivity index (χ1) is 7.68. The SMILES string of the molecule is Cc1cnccc1N(C)C1CCC(N)CC1. The summed E-state index contributed by atoms with van der Waals surface area (Å²) in [5.74, 6) is 0. The molecule has 0 aliphatic heterocycles. The summed E-state index contributed by atoms with van der Waals surface area (Å²) in [4.78, 5) is 6.53. The van der Waals surface area contributed by atoms with Gasteiger partial charge in [-0.2, -0.15) is 0 Å². The summed E-state index contributed by atoms with van der Waals surface area (Å²) in [5, 5.41) is 0. The summed E-state index contributed by atoms with van der Waals surface area (Å²) in [5.41, 5.74) is 8.49. The van der Waals surface area contributed by atoms with E-state index < -0.39 is 0 Å². The highest BCUT2D eigenvalue weighted by atomic mass is 15.1. The van der Waals surface area contributed by atoms with Crippen LogP contribution in [0.3, 0.4) is 0 Å². The third kappa shape index (κ3) is 2.35. The first-order valence-corrected chi connectivity index (χ1v) is 6.07. The molecule has 2 N–H and O–H groups in total. The number of hydrogen-bond donors (Lipinski definition) is 1. The molecule has 1 saturated carbocycles. The van der Waals surface area contributed by atoms with Crippen molar-refractivity contribution in [3.63, 3.8) is 0 Å².